The number of carbonyl (C=O) groups is 1. The quantitative estimate of drug-likeness (QED) is 0.849. The second-order valence-corrected chi connectivity index (χ2v) is 8.59. The van der Waals surface area contributed by atoms with Crippen molar-refractivity contribution in [2.45, 2.75) is 44.7 Å². The highest BCUT2D eigenvalue weighted by Crippen LogP contribution is 2.16. The zero-order valence-electron chi connectivity index (χ0n) is 13.6. The minimum absolute atomic E-state index is 0.0192. The van der Waals surface area contributed by atoms with E-state index in [2.05, 4.69) is 0 Å². The first-order valence-electron chi connectivity index (χ1n) is 8.17. The van der Waals surface area contributed by atoms with Gasteiger partial charge in [0.05, 0.1) is 5.75 Å². The van der Waals surface area contributed by atoms with Gasteiger partial charge in [0, 0.05) is 18.6 Å². The first kappa shape index (κ1) is 17.9. The van der Waals surface area contributed by atoms with Crippen molar-refractivity contribution in [3.05, 3.63) is 35.9 Å². The lowest BCUT2D eigenvalue weighted by molar-refractivity contribution is -0.131. The van der Waals surface area contributed by atoms with E-state index in [0.29, 0.717) is 19.4 Å². The maximum absolute atomic E-state index is 12.3. The number of piperidine rings is 1. The third kappa shape index (κ3) is 5.62. The van der Waals surface area contributed by atoms with E-state index in [0.717, 1.165) is 18.4 Å². The summed E-state index contributed by atoms with van der Waals surface area (Å²) < 4.78 is 24.3. The van der Waals surface area contributed by atoms with Gasteiger partial charge in [-0.15, -0.1) is 0 Å². The van der Waals surface area contributed by atoms with Gasteiger partial charge in [0.25, 0.3) is 0 Å². The van der Waals surface area contributed by atoms with E-state index in [1.54, 1.807) is 4.90 Å². The topological polar surface area (TPSA) is 80.5 Å². The number of rotatable bonds is 6. The summed E-state index contributed by atoms with van der Waals surface area (Å²) in [4.78, 5) is 13.9. The average molecular weight is 338 g/mol. The first-order chi connectivity index (χ1) is 10.9. The summed E-state index contributed by atoms with van der Waals surface area (Å²) in [5.41, 5.74) is 7.00. The Morgan fingerprint density at radius 3 is 2.65 bits per heavy atom. The van der Waals surface area contributed by atoms with Crippen LogP contribution in [0.5, 0.6) is 0 Å². The van der Waals surface area contributed by atoms with E-state index < -0.39 is 9.84 Å². The standard InChI is InChI=1S/C17H26N2O3S/c1-14-12-16(18)9-10-19(14)17(20)13-23(21,22)11-5-8-15-6-3-2-4-7-15/h2-4,6-7,14,16H,5,8-13,18H2,1H3/t14-,16+/m1/s1. The smallest absolute Gasteiger partial charge is 0.238 e. The van der Waals surface area contributed by atoms with Gasteiger partial charge < -0.3 is 10.6 Å². The van der Waals surface area contributed by atoms with Crippen LogP contribution < -0.4 is 5.73 Å². The summed E-state index contributed by atoms with van der Waals surface area (Å²) in [6.07, 6.45) is 2.73. The molecular formula is C17H26N2O3S. The fraction of sp³-hybridized carbons (Fsp3) is 0.588. The normalized spacial score (nSPS) is 22.1. The number of nitrogens with two attached hydrogens (primary N) is 1. The molecule has 1 aromatic carbocycles. The summed E-state index contributed by atoms with van der Waals surface area (Å²) in [6, 6.07) is 9.91. The molecular weight excluding hydrogens is 312 g/mol. The number of aryl methyl sites for hydroxylation is 1. The van der Waals surface area contributed by atoms with Gasteiger partial charge in [0.2, 0.25) is 5.91 Å². The van der Waals surface area contributed by atoms with Crippen molar-refractivity contribution in [2.24, 2.45) is 5.73 Å². The zero-order chi connectivity index (χ0) is 16.9. The minimum Gasteiger partial charge on any atom is -0.339 e. The van der Waals surface area contributed by atoms with Crippen LogP contribution in [0.25, 0.3) is 0 Å². The fourth-order valence-electron chi connectivity index (χ4n) is 3.06. The monoisotopic (exact) mass is 338 g/mol. The van der Waals surface area contributed by atoms with E-state index >= 15 is 0 Å². The van der Waals surface area contributed by atoms with Gasteiger partial charge in [-0.3, -0.25) is 4.79 Å². The molecule has 0 bridgehead atoms. The Morgan fingerprint density at radius 2 is 2.00 bits per heavy atom. The predicted molar refractivity (Wildman–Crippen MR) is 91.8 cm³/mol. The molecule has 2 N–H and O–H groups in total. The van der Waals surface area contributed by atoms with E-state index in [1.165, 1.54) is 0 Å². The maximum Gasteiger partial charge on any atom is 0.238 e. The summed E-state index contributed by atoms with van der Waals surface area (Å²) in [5, 5.41) is 0. The first-order valence-corrected chi connectivity index (χ1v) is 9.99. The molecule has 1 aromatic rings. The Hall–Kier alpha value is -1.40. The number of likely N-dealkylation sites (tertiary alicyclic amines) is 1. The van der Waals surface area contributed by atoms with Crippen LogP contribution in [0.2, 0.25) is 0 Å². The molecule has 2 atom stereocenters. The highest BCUT2D eigenvalue weighted by Gasteiger charge is 2.29. The second kappa shape index (κ2) is 7.93. The molecule has 2 rings (SSSR count). The summed E-state index contributed by atoms with van der Waals surface area (Å²) in [5.74, 6) is -0.624. The number of nitrogens with zero attached hydrogens (tertiary/aromatic N) is 1. The lowest BCUT2D eigenvalue weighted by Gasteiger charge is -2.36. The number of carbonyl (C=O) groups excluding carboxylic acids is 1. The molecule has 5 nitrogen and oxygen atoms in total. The van der Waals surface area contributed by atoms with Crippen molar-refractivity contribution in [3.63, 3.8) is 0 Å². The van der Waals surface area contributed by atoms with Gasteiger partial charge in [-0.2, -0.15) is 0 Å². The highest BCUT2D eigenvalue weighted by atomic mass is 32.2. The predicted octanol–water partition coefficient (Wildman–Crippen LogP) is 1.37. The molecule has 6 heteroatoms. The Balaban J connectivity index is 1.82. The second-order valence-electron chi connectivity index (χ2n) is 6.40. The molecule has 0 spiro atoms. The fourth-order valence-corrected chi connectivity index (χ4v) is 4.33. The molecule has 23 heavy (non-hydrogen) atoms. The van der Waals surface area contributed by atoms with Crippen LogP contribution in [0.3, 0.4) is 0 Å². The van der Waals surface area contributed by atoms with Gasteiger partial charge in [0.1, 0.15) is 5.75 Å². The van der Waals surface area contributed by atoms with Gasteiger partial charge in [0.15, 0.2) is 9.84 Å². The number of sulfone groups is 1. The Morgan fingerprint density at radius 1 is 1.30 bits per heavy atom. The molecule has 1 aliphatic heterocycles. The third-order valence-electron chi connectivity index (χ3n) is 4.34. The van der Waals surface area contributed by atoms with Gasteiger partial charge in [-0.05, 0) is 38.2 Å². The van der Waals surface area contributed by atoms with E-state index in [9.17, 15) is 13.2 Å². The molecule has 1 saturated heterocycles. The van der Waals surface area contributed by atoms with Crippen molar-refractivity contribution in [3.8, 4) is 0 Å². The molecule has 128 valence electrons. The van der Waals surface area contributed by atoms with Gasteiger partial charge >= 0.3 is 0 Å². The molecule has 1 aliphatic rings. The van der Waals surface area contributed by atoms with Crippen LogP contribution in [0.1, 0.15) is 31.7 Å². The van der Waals surface area contributed by atoms with Crippen LogP contribution in [0.15, 0.2) is 30.3 Å². The molecule has 1 heterocycles. The Bertz CT molecular complexity index is 616. The lowest BCUT2D eigenvalue weighted by Crippen LogP contribution is -2.50. The Kier molecular flexibility index (Phi) is 6.18. The largest absolute Gasteiger partial charge is 0.339 e. The summed E-state index contributed by atoms with van der Waals surface area (Å²) in [6.45, 7) is 2.49. The van der Waals surface area contributed by atoms with E-state index in [4.69, 9.17) is 5.73 Å². The van der Waals surface area contributed by atoms with Crippen molar-refractivity contribution in [2.75, 3.05) is 18.1 Å². The van der Waals surface area contributed by atoms with E-state index in [1.807, 2.05) is 37.3 Å². The summed E-state index contributed by atoms with van der Waals surface area (Å²) in [7, 11) is -3.36. The number of benzene rings is 1. The SMILES string of the molecule is C[C@@H]1C[C@@H](N)CCN1C(=O)CS(=O)(=O)CCCc1ccccc1. The molecule has 1 fully saturated rings. The minimum atomic E-state index is -3.36. The molecule has 0 unspecified atom stereocenters. The number of amides is 1. The zero-order valence-corrected chi connectivity index (χ0v) is 14.5. The lowest BCUT2D eigenvalue weighted by atomic mass is 9.99. The summed E-state index contributed by atoms with van der Waals surface area (Å²) >= 11 is 0. The molecule has 0 radical (unpaired) electrons. The van der Waals surface area contributed by atoms with Crippen LogP contribution in [0.4, 0.5) is 0 Å². The van der Waals surface area contributed by atoms with Crippen LogP contribution in [-0.2, 0) is 21.1 Å². The van der Waals surface area contributed by atoms with Crippen LogP contribution in [0, 0.1) is 0 Å². The number of hydrogen-bond donors (Lipinski definition) is 1. The van der Waals surface area contributed by atoms with Gasteiger partial charge in [-0.25, -0.2) is 8.42 Å². The van der Waals surface area contributed by atoms with Crippen molar-refractivity contribution in [1.82, 2.24) is 4.90 Å². The molecule has 0 aromatic heterocycles. The van der Waals surface area contributed by atoms with Crippen molar-refractivity contribution in [1.29, 1.82) is 0 Å². The van der Waals surface area contributed by atoms with Gasteiger partial charge in [-0.1, -0.05) is 30.3 Å². The van der Waals surface area contributed by atoms with Crippen molar-refractivity contribution >= 4 is 15.7 Å². The third-order valence-corrected chi connectivity index (χ3v) is 5.94. The van der Waals surface area contributed by atoms with Crippen LogP contribution >= 0.6 is 0 Å². The average Bonchev–Trinajstić information content (AvgIpc) is 2.47. The Labute approximate surface area is 138 Å². The van der Waals surface area contributed by atoms with Crippen LogP contribution in [-0.4, -0.2) is 49.4 Å². The maximum atomic E-state index is 12.3. The molecule has 1 amide bonds. The van der Waals surface area contributed by atoms with E-state index in [-0.39, 0.29) is 29.5 Å². The van der Waals surface area contributed by atoms with Crippen molar-refractivity contribution < 1.29 is 13.2 Å². The molecule has 0 aliphatic carbocycles. The number of hydrogen-bond acceptors (Lipinski definition) is 4. The highest BCUT2D eigenvalue weighted by molar-refractivity contribution is 7.92. The molecule has 0 saturated carbocycles.